The zero-order valence-electron chi connectivity index (χ0n) is 9.37. The molecule has 20 heavy (non-hydrogen) atoms. The van der Waals surface area contributed by atoms with Crippen molar-refractivity contribution in [3.05, 3.63) is 21.9 Å². The van der Waals surface area contributed by atoms with E-state index in [1.54, 1.807) is 0 Å². The number of halogens is 6. The van der Waals surface area contributed by atoms with Gasteiger partial charge in [0, 0.05) is 6.07 Å². The van der Waals surface area contributed by atoms with Gasteiger partial charge in [-0.3, -0.25) is 0 Å². The van der Waals surface area contributed by atoms with Gasteiger partial charge < -0.3 is 19.6 Å². The summed E-state index contributed by atoms with van der Waals surface area (Å²) in [6.07, 6.45) is -10.5. The van der Waals surface area contributed by atoms with Crippen molar-refractivity contribution in [2.45, 2.75) is 12.5 Å². The molecule has 0 fully saturated rings. The van der Waals surface area contributed by atoms with E-state index in [-0.39, 0.29) is 6.07 Å². The molecule has 0 amide bonds. The number of pyridine rings is 1. The molecule has 0 aliphatic rings. The van der Waals surface area contributed by atoms with E-state index in [2.05, 4.69) is 14.5 Å². The van der Waals surface area contributed by atoms with Gasteiger partial charge in [-0.05, 0) is 9.91 Å². The smallest absolute Gasteiger partial charge is 0.492 e. The lowest BCUT2D eigenvalue weighted by atomic mass is 10.3. The normalized spacial score (nSPS) is 12.2. The van der Waals surface area contributed by atoms with Gasteiger partial charge in [-0.1, -0.05) is 0 Å². The molecule has 12 heteroatoms. The summed E-state index contributed by atoms with van der Waals surface area (Å²) in [7, 11) is 0.725. The SMILES string of the molecule is COc1cc(C(F)(F)F)nc([N+](=O)[O-])c1OC(F)(F)F. The van der Waals surface area contributed by atoms with Crippen molar-refractivity contribution in [3.8, 4) is 11.5 Å². The average Bonchev–Trinajstić information content (AvgIpc) is 2.25. The number of nitro groups is 1. The van der Waals surface area contributed by atoms with Crippen LogP contribution in [0.1, 0.15) is 5.69 Å². The summed E-state index contributed by atoms with van der Waals surface area (Å²) < 4.78 is 81.0. The van der Waals surface area contributed by atoms with Gasteiger partial charge in [0.25, 0.3) is 11.4 Å². The largest absolute Gasteiger partial charge is 0.573 e. The molecule has 0 spiro atoms. The van der Waals surface area contributed by atoms with Gasteiger partial charge in [-0.15, -0.1) is 13.2 Å². The maximum Gasteiger partial charge on any atom is 0.573 e. The van der Waals surface area contributed by atoms with Gasteiger partial charge in [0.05, 0.1) is 7.11 Å². The quantitative estimate of drug-likeness (QED) is 0.487. The number of nitrogens with zero attached hydrogens (tertiary/aromatic N) is 2. The van der Waals surface area contributed by atoms with Crippen molar-refractivity contribution in [2.75, 3.05) is 7.11 Å². The van der Waals surface area contributed by atoms with Crippen LogP contribution >= 0.6 is 0 Å². The van der Waals surface area contributed by atoms with Gasteiger partial charge in [-0.2, -0.15) is 13.2 Å². The first-order chi connectivity index (χ1) is 8.95. The number of rotatable bonds is 3. The fraction of sp³-hybridized carbons (Fsp3) is 0.375. The summed E-state index contributed by atoms with van der Waals surface area (Å²) in [6.45, 7) is 0. The topological polar surface area (TPSA) is 74.5 Å². The standard InChI is InChI=1S/C8H4F6N2O4/c1-19-3-2-4(7(9,10)11)15-6(16(17)18)5(3)20-8(12,13)14/h2H,1H3. The number of alkyl halides is 6. The Morgan fingerprint density at radius 1 is 1.25 bits per heavy atom. The minimum Gasteiger partial charge on any atom is -0.492 e. The summed E-state index contributed by atoms with van der Waals surface area (Å²) in [5.74, 6) is -4.43. The third-order valence-electron chi connectivity index (χ3n) is 1.82. The lowest BCUT2D eigenvalue weighted by Crippen LogP contribution is -2.20. The summed E-state index contributed by atoms with van der Waals surface area (Å²) in [6, 6.07) is 0.0636. The Hall–Kier alpha value is -2.27. The van der Waals surface area contributed by atoms with Crippen molar-refractivity contribution in [2.24, 2.45) is 0 Å². The van der Waals surface area contributed by atoms with Crippen LogP contribution in [0.2, 0.25) is 0 Å². The molecule has 1 rings (SSSR count). The molecule has 112 valence electrons. The van der Waals surface area contributed by atoms with Crippen molar-refractivity contribution in [1.29, 1.82) is 0 Å². The number of aromatic nitrogens is 1. The number of hydrogen-bond donors (Lipinski definition) is 0. The van der Waals surface area contributed by atoms with E-state index in [1.807, 2.05) is 0 Å². The second-order valence-corrected chi connectivity index (χ2v) is 3.17. The molecular weight excluding hydrogens is 302 g/mol. The second-order valence-electron chi connectivity index (χ2n) is 3.17. The zero-order chi connectivity index (χ0) is 15.7. The van der Waals surface area contributed by atoms with E-state index in [0.29, 0.717) is 0 Å². The summed E-state index contributed by atoms with van der Waals surface area (Å²) in [4.78, 5) is 11.5. The predicted molar refractivity (Wildman–Crippen MR) is 49.1 cm³/mol. The fourth-order valence-electron chi connectivity index (χ4n) is 1.13. The third kappa shape index (κ3) is 3.61. The van der Waals surface area contributed by atoms with Crippen molar-refractivity contribution in [1.82, 2.24) is 4.98 Å². The van der Waals surface area contributed by atoms with Crippen LogP contribution in [0.25, 0.3) is 0 Å². The Morgan fingerprint density at radius 2 is 1.80 bits per heavy atom. The molecule has 0 atom stereocenters. The average molecular weight is 306 g/mol. The van der Waals surface area contributed by atoms with Crippen LogP contribution in [-0.2, 0) is 6.18 Å². The van der Waals surface area contributed by atoms with Crippen LogP contribution in [0, 0.1) is 10.1 Å². The fourth-order valence-corrected chi connectivity index (χ4v) is 1.13. The van der Waals surface area contributed by atoms with Gasteiger partial charge in [-0.25, -0.2) is 0 Å². The molecule has 0 bridgehead atoms. The molecule has 1 aromatic rings. The van der Waals surface area contributed by atoms with Crippen LogP contribution in [0.5, 0.6) is 11.5 Å². The minimum absolute atomic E-state index is 0.0636. The summed E-state index contributed by atoms with van der Waals surface area (Å²) >= 11 is 0. The molecule has 6 nitrogen and oxygen atoms in total. The molecule has 0 N–H and O–H groups in total. The van der Waals surface area contributed by atoms with Gasteiger partial charge in [0.15, 0.2) is 5.75 Å². The maximum atomic E-state index is 12.4. The van der Waals surface area contributed by atoms with Crippen molar-refractivity contribution < 1.29 is 40.7 Å². The maximum absolute atomic E-state index is 12.4. The molecule has 0 unspecified atom stereocenters. The molecule has 1 aromatic heterocycles. The summed E-state index contributed by atoms with van der Waals surface area (Å²) in [5, 5.41) is 10.5. The molecule has 0 radical (unpaired) electrons. The van der Waals surface area contributed by atoms with Crippen LogP contribution < -0.4 is 9.47 Å². The highest BCUT2D eigenvalue weighted by atomic mass is 19.4. The highest BCUT2D eigenvalue weighted by Gasteiger charge is 2.43. The monoisotopic (exact) mass is 306 g/mol. The van der Waals surface area contributed by atoms with Crippen LogP contribution in [0.3, 0.4) is 0 Å². The van der Waals surface area contributed by atoms with E-state index in [1.165, 1.54) is 0 Å². The molecule has 0 aromatic carbocycles. The lowest BCUT2D eigenvalue weighted by molar-refractivity contribution is -0.393. The summed E-state index contributed by atoms with van der Waals surface area (Å²) in [5.41, 5.74) is -1.78. The molecule has 0 saturated heterocycles. The van der Waals surface area contributed by atoms with Crippen LogP contribution in [0.15, 0.2) is 6.07 Å². The lowest BCUT2D eigenvalue weighted by Gasteiger charge is -2.13. The highest BCUT2D eigenvalue weighted by Crippen LogP contribution is 2.42. The third-order valence-corrected chi connectivity index (χ3v) is 1.82. The molecular formula is C8H4F6N2O4. The molecule has 1 heterocycles. The van der Waals surface area contributed by atoms with E-state index < -0.39 is 40.5 Å². The number of ether oxygens (including phenoxy) is 2. The molecule has 0 aliphatic carbocycles. The second kappa shape index (κ2) is 5.02. The first-order valence-corrected chi connectivity index (χ1v) is 4.52. The highest BCUT2D eigenvalue weighted by molar-refractivity contribution is 5.52. The van der Waals surface area contributed by atoms with E-state index in [0.717, 1.165) is 7.11 Å². The molecule has 0 saturated carbocycles. The van der Waals surface area contributed by atoms with Crippen LogP contribution in [-0.4, -0.2) is 23.4 Å². The Morgan fingerprint density at radius 3 is 2.15 bits per heavy atom. The zero-order valence-corrected chi connectivity index (χ0v) is 9.37. The van der Waals surface area contributed by atoms with Crippen molar-refractivity contribution in [3.63, 3.8) is 0 Å². The Labute approximate surface area is 106 Å². The Kier molecular flexibility index (Phi) is 3.96. The van der Waals surface area contributed by atoms with Gasteiger partial charge in [0.1, 0.15) is 0 Å². The van der Waals surface area contributed by atoms with E-state index in [9.17, 15) is 36.5 Å². The van der Waals surface area contributed by atoms with Crippen molar-refractivity contribution >= 4 is 5.82 Å². The van der Waals surface area contributed by atoms with Crippen LogP contribution in [0.4, 0.5) is 32.2 Å². The predicted octanol–water partition coefficient (Wildman–Crippen LogP) is 2.92. The number of methoxy groups -OCH3 is 1. The first-order valence-electron chi connectivity index (χ1n) is 4.52. The minimum atomic E-state index is -5.36. The van der Waals surface area contributed by atoms with E-state index >= 15 is 0 Å². The van der Waals surface area contributed by atoms with Gasteiger partial charge >= 0.3 is 18.4 Å². The van der Waals surface area contributed by atoms with E-state index in [4.69, 9.17) is 0 Å². The molecule has 0 aliphatic heterocycles. The first kappa shape index (κ1) is 15.8. The Bertz CT molecular complexity index is 527. The Balaban J connectivity index is 3.53. The number of hydrogen-bond acceptors (Lipinski definition) is 5. The van der Waals surface area contributed by atoms with Gasteiger partial charge in [0.2, 0.25) is 0 Å².